The smallest absolute Gasteiger partial charge is 0.335 e. The van der Waals surface area contributed by atoms with Crippen LogP contribution in [0.3, 0.4) is 0 Å². The molecule has 1 amide bonds. The van der Waals surface area contributed by atoms with Crippen molar-refractivity contribution in [1.29, 1.82) is 0 Å². The molecular weight excluding hydrogens is 324 g/mol. The lowest BCUT2D eigenvalue weighted by Crippen LogP contribution is -2.38. The Bertz CT molecular complexity index is 738. The Labute approximate surface area is 144 Å². The standard InChI is InChI=1S/C18H18N2O3S/c21-16(8-5-13-3-6-14(7-4-13)18(22)23)20-10-1-2-15(12-20)17-19-9-11-24-17/h3-9,11,15H,1-2,10,12H2,(H,22,23)/b8-5+. The number of hydrogen-bond donors (Lipinski definition) is 1. The molecular formula is C18H18N2O3S. The number of nitrogens with zero attached hydrogens (tertiary/aromatic N) is 2. The molecule has 1 aliphatic rings. The summed E-state index contributed by atoms with van der Waals surface area (Å²) in [7, 11) is 0. The second kappa shape index (κ2) is 7.40. The number of hydrogen-bond acceptors (Lipinski definition) is 4. The molecule has 0 aliphatic carbocycles. The number of carboxylic acids is 1. The van der Waals surface area contributed by atoms with Gasteiger partial charge in [0.1, 0.15) is 0 Å². The molecule has 24 heavy (non-hydrogen) atoms. The zero-order valence-electron chi connectivity index (χ0n) is 13.1. The van der Waals surface area contributed by atoms with Crippen molar-refractivity contribution in [2.45, 2.75) is 18.8 Å². The molecule has 5 nitrogen and oxygen atoms in total. The second-order valence-electron chi connectivity index (χ2n) is 5.75. The fourth-order valence-corrected chi connectivity index (χ4v) is 3.59. The van der Waals surface area contributed by atoms with E-state index in [1.54, 1.807) is 41.8 Å². The Balaban J connectivity index is 1.62. The summed E-state index contributed by atoms with van der Waals surface area (Å²) in [6.45, 7) is 1.47. The van der Waals surface area contributed by atoms with E-state index in [0.717, 1.165) is 30.0 Å². The van der Waals surface area contributed by atoms with Crippen LogP contribution in [0.1, 0.15) is 39.7 Å². The van der Waals surface area contributed by atoms with Crippen LogP contribution in [-0.4, -0.2) is 40.0 Å². The zero-order chi connectivity index (χ0) is 16.9. The predicted molar refractivity (Wildman–Crippen MR) is 93.1 cm³/mol. The first kappa shape index (κ1) is 16.4. The maximum atomic E-state index is 12.4. The molecule has 0 bridgehead atoms. The van der Waals surface area contributed by atoms with E-state index in [0.29, 0.717) is 12.5 Å². The molecule has 1 atom stereocenters. The molecule has 1 fully saturated rings. The first-order chi connectivity index (χ1) is 11.6. The summed E-state index contributed by atoms with van der Waals surface area (Å²) in [6, 6.07) is 6.46. The Hall–Kier alpha value is -2.47. The molecule has 1 aromatic carbocycles. The minimum atomic E-state index is -0.955. The van der Waals surface area contributed by atoms with E-state index >= 15 is 0 Å². The van der Waals surface area contributed by atoms with Gasteiger partial charge < -0.3 is 10.0 Å². The number of carbonyl (C=O) groups is 2. The van der Waals surface area contributed by atoms with Gasteiger partial charge in [0.05, 0.1) is 10.6 Å². The van der Waals surface area contributed by atoms with Crippen molar-refractivity contribution in [3.05, 3.63) is 58.1 Å². The van der Waals surface area contributed by atoms with Gasteiger partial charge in [-0.1, -0.05) is 12.1 Å². The summed E-state index contributed by atoms with van der Waals surface area (Å²) in [5.74, 6) is -0.646. The molecule has 0 spiro atoms. The van der Waals surface area contributed by atoms with Gasteiger partial charge in [-0.25, -0.2) is 9.78 Å². The summed E-state index contributed by atoms with van der Waals surface area (Å²) < 4.78 is 0. The number of amides is 1. The second-order valence-corrected chi connectivity index (χ2v) is 6.68. The van der Waals surface area contributed by atoms with Gasteiger partial charge in [-0.05, 0) is 36.6 Å². The molecule has 3 rings (SSSR count). The highest BCUT2D eigenvalue weighted by molar-refractivity contribution is 7.09. The fourth-order valence-electron chi connectivity index (χ4n) is 2.82. The maximum absolute atomic E-state index is 12.4. The lowest BCUT2D eigenvalue weighted by molar-refractivity contribution is -0.127. The van der Waals surface area contributed by atoms with Gasteiger partial charge in [0.2, 0.25) is 5.91 Å². The van der Waals surface area contributed by atoms with E-state index in [2.05, 4.69) is 4.98 Å². The average Bonchev–Trinajstić information content (AvgIpc) is 3.15. The minimum Gasteiger partial charge on any atom is -0.478 e. The van der Waals surface area contributed by atoms with E-state index in [-0.39, 0.29) is 11.5 Å². The van der Waals surface area contributed by atoms with E-state index in [9.17, 15) is 9.59 Å². The van der Waals surface area contributed by atoms with Crippen molar-refractivity contribution in [3.8, 4) is 0 Å². The molecule has 0 saturated carbocycles. The number of benzene rings is 1. The van der Waals surface area contributed by atoms with Gasteiger partial charge in [0.25, 0.3) is 0 Å². The van der Waals surface area contributed by atoms with Crippen molar-refractivity contribution in [2.24, 2.45) is 0 Å². The van der Waals surface area contributed by atoms with Crippen LogP contribution in [0.4, 0.5) is 0 Å². The number of aromatic nitrogens is 1. The predicted octanol–water partition coefficient (Wildman–Crippen LogP) is 3.26. The van der Waals surface area contributed by atoms with Gasteiger partial charge in [0, 0.05) is 36.7 Å². The number of thiazole rings is 1. The summed E-state index contributed by atoms with van der Waals surface area (Å²) >= 11 is 1.64. The van der Waals surface area contributed by atoms with Gasteiger partial charge in [0.15, 0.2) is 0 Å². The van der Waals surface area contributed by atoms with E-state index < -0.39 is 5.97 Å². The quantitative estimate of drug-likeness (QED) is 0.866. The number of aromatic carboxylic acids is 1. The van der Waals surface area contributed by atoms with Gasteiger partial charge >= 0.3 is 5.97 Å². The van der Waals surface area contributed by atoms with Crippen LogP contribution in [0.25, 0.3) is 6.08 Å². The Kier molecular flexibility index (Phi) is 5.05. The Morgan fingerprint density at radius 3 is 2.75 bits per heavy atom. The molecule has 1 unspecified atom stereocenters. The van der Waals surface area contributed by atoms with Crippen LogP contribution < -0.4 is 0 Å². The molecule has 2 aromatic rings. The summed E-state index contributed by atoms with van der Waals surface area (Å²) in [5.41, 5.74) is 1.04. The van der Waals surface area contributed by atoms with Crippen LogP contribution in [0, 0.1) is 0 Å². The summed E-state index contributed by atoms with van der Waals surface area (Å²) in [5, 5.41) is 12.0. The van der Waals surface area contributed by atoms with Gasteiger partial charge in [-0.15, -0.1) is 11.3 Å². The minimum absolute atomic E-state index is 0.0152. The van der Waals surface area contributed by atoms with Crippen molar-refractivity contribution in [3.63, 3.8) is 0 Å². The largest absolute Gasteiger partial charge is 0.478 e. The number of rotatable bonds is 4. The lowest BCUT2D eigenvalue weighted by Gasteiger charge is -2.31. The van der Waals surface area contributed by atoms with E-state index in [1.807, 2.05) is 10.3 Å². The third-order valence-corrected chi connectivity index (χ3v) is 5.05. The first-order valence-electron chi connectivity index (χ1n) is 7.83. The van der Waals surface area contributed by atoms with Crippen molar-refractivity contribution in [2.75, 3.05) is 13.1 Å². The van der Waals surface area contributed by atoms with E-state index in [4.69, 9.17) is 5.11 Å². The summed E-state index contributed by atoms with van der Waals surface area (Å²) in [4.78, 5) is 29.4. The molecule has 1 aromatic heterocycles. The molecule has 1 aliphatic heterocycles. The summed E-state index contributed by atoms with van der Waals surface area (Å²) in [6.07, 6.45) is 7.14. The van der Waals surface area contributed by atoms with Gasteiger partial charge in [-0.3, -0.25) is 4.79 Å². The first-order valence-corrected chi connectivity index (χ1v) is 8.71. The Morgan fingerprint density at radius 1 is 1.29 bits per heavy atom. The topological polar surface area (TPSA) is 70.5 Å². The Morgan fingerprint density at radius 2 is 2.08 bits per heavy atom. The molecule has 1 saturated heterocycles. The van der Waals surface area contributed by atoms with Gasteiger partial charge in [-0.2, -0.15) is 0 Å². The van der Waals surface area contributed by atoms with Crippen LogP contribution in [0.5, 0.6) is 0 Å². The molecule has 6 heteroatoms. The van der Waals surface area contributed by atoms with Crippen molar-refractivity contribution < 1.29 is 14.7 Å². The fraction of sp³-hybridized carbons (Fsp3) is 0.278. The van der Waals surface area contributed by atoms with E-state index in [1.165, 1.54) is 12.1 Å². The van der Waals surface area contributed by atoms with Crippen LogP contribution >= 0.6 is 11.3 Å². The highest BCUT2D eigenvalue weighted by Gasteiger charge is 2.25. The number of carbonyl (C=O) groups excluding carboxylic acids is 1. The highest BCUT2D eigenvalue weighted by atomic mass is 32.1. The van der Waals surface area contributed by atoms with Crippen molar-refractivity contribution >= 4 is 29.3 Å². The molecule has 1 N–H and O–H groups in total. The SMILES string of the molecule is O=C(O)c1ccc(/C=C/C(=O)N2CCCC(c3nccs3)C2)cc1. The maximum Gasteiger partial charge on any atom is 0.335 e. The number of piperidine rings is 1. The monoisotopic (exact) mass is 342 g/mol. The molecule has 2 heterocycles. The zero-order valence-corrected chi connectivity index (χ0v) is 13.9. The van der Waals surface area contributed by atoms with Crippen LogP contribution in [0.15, 0.2) is 41.9 Å². The number of carboxylic acid groups (broad SMARTS) is 1. The third kappa shape index (κ3) is 3.89. The molecule has 124 valence electrons. The third-order valence-electron chi connectivity index (χ3n) is 4.11. The lowest BCUT2D eigenvalue weighted by atomic mass is 9.98. The normalized spacial score (nSPS) is 18.0. The van der Waals surface area contributed by atoms with Crippen LogP contribution in [0.2, 0.25) is 0 Å². The van der Waals surface area contributed by atoms with Crippen LogP contribution in [-0.2, 0) is 4.79 Å². The number of likely N-dealkylation sites (tertiary alicyclic amines) is 1. The van der Waals surface area contributed by atoms with Crippen molar-refractivity contribution in [1.82, 2.24) is 9.88 Å². The molecule has 0 radical (unpaired) electrons. The highest BCUT2D eigenvalue weighted by Crippen LogP contribution is 2.28. The average molecular weight is 342 g/mol.